The zero-order valence-electron chi connectivity index (χ0n) is 10.8. The summed E-state index contributed by atoms with van der Waals surface area (Å²) < 4.78 is 0. The van der Waals surface area contributed by atoms with Crippen LogP contribution in [0.2, 0.25) is 0 Å². The maximum atomic E-state index is 11.8. The molecule has 1 saturated carbocycles. The van der Waals surface area contributed by atoms with E-state index in [1.54, 1.807) is 24.3 Å². The number of hydrogen-bond donors (Lipinski definition) is 2. The van der Waals surface area contributed by atoms with Crippen molar-refractivity contribution >= 4 is 11.9 Å². The second kappa shape index (κ2) is 6.36. The van der Waals surface area contributed by atoms with Gasteiger partial charge in [-0.1, -0.05) is 49.6 Å². The van der Waals surface area contributed by atoms with Crippen molar-refractivity contribution in [2.45, 2.75) is 38.1 Å². The first-order valence-corrected chi connectivity index (χ1v) is 6.74. The van der Waals surface area contributed by atoms with Crippen molar-refractivity contribution in [3.05, 3.63) is 35.9 Å². The highest BCUT2D eigenvalue weighted by molar-refractivity contribution is 5.84. The molecule has 102 valence electrons. The summed E-state index contributed by atoms with van der Waals surface area (Å²) in [6.45, 7) is 0. The van der Waals surface area contributed by atoms with Crippen molar-refractivity contribution in [2.75, 3.05) is 0 Å². The number of nitrogens with one attached hydrogen (secondary N) is 1. The van der Waals surface area contributed by atoms with Gasteiger partial charge in [0.2, 0.25) is 5.91 Å². The molecule has 0 aliphatic heterocycles. The van der Waals surface area contributed by atoms with Gasteiger partial charge in [-0.15, -0.1) is 0 Å². The van der Waals surface area contributed by atoms with Crippen molar-refractivity contribution in [1.82, 2.24) is 5.32 Å². The first kappa shape index (κ1) is 13.6. The van der Waals surface area contributed by atoms with Gasteiger partial charge in [0, 0.05) is 6.42 Å². The minimum absolute atomic E-state index is 0.178. The number of carbonyl (C=O) groups is 2. The van der Waals surface area contributed by atoms with Gasteiger partial charge in [0.1, 0.15) is 0 Å². The number of hydrogen-bond acceptors (Lipinski definition) is 2. The molecule has 1 aliphatic carbocycles. The lowest BCUT2D eigenvalue weighted by molar-refractivity contribution is -0.142. The van der Waals surface area contributed by atoms with Crippen molar-refractivity contribution in [3.8, 4) is 0 Å². The van der Waals surface area contributed by atoms with E-state index in [1.807, 2.05) is 6.07 Å². The molecular weight excluding hydrogens is 242 g/mol. The molecule has 1 fully saturated rings. The summed E-state index contributed by atoms with van der Waals surface area (Å²) in [5.41, 5.74) is 0.604. The largest absolute Gasteiger partial charge is 0.479 e. The monoisotopic (exact) mass is 261 g/mol. The maximum Gasteiger partial charge on any atom is 0.330 e. The topological polar surface area (TPSA) is 66.4 Å². The van der Waals surface area contributed by atoms with Crippen LogP contribution in [0.1, 0.15) is 43.7 Å². The lowest BCUT2D eigenvalue weighted by Crippen LogP contribution is -2.34. The van der Waals surface area contributed by atoms with E-state index in [0.29, 0.717) is 17.9 Å². The predicted octanol–water partition coefficient (Wildman–Crippen LogP) is 2.51. The van der Waals surface area contributed by atoms with E-state index in [9.17, 15) is 14.7 Å². The zero-order chi connectivity index (χ0) is 13.7. The fourth-order valence-corrected chi connectivity index (χ4v) is 2.28. The summed E-state index contributed by atoms with van der Waals surface area (Å²) in [6.07, 6.45) is 4.95. The highest BCUT2D eigenvalue weighted by Gasteiger charge is 2.23. The standard InChI is InChI=1S/C15H19NO3/c17-13(10-9-11-5-4-6-11)16-14(15(18)19)12-7-2-1-3-8-12/h1-3,7-8,11,14H,4-6,9-10H2,(H,16,17)(H,18,19). The van der Waals surface area contributed by atoms with Crippen molar-refractivity contribution in [3.63, 3.8) is 0 Å². The van der Waals surface area contributed by atoms with Crippen LogP contribution in [0.15, 0.2) is 30.3 Å². The molecule has 1 aromatic carbocycles. The van der Waals surface area contributed by atoms with Crippen LogP contribution in [0.5, 0.6) is 0 Å². The molecule has 2 N–H and O–H groups in total. The maximum absolute atomic E-state index is 11.8. The van der Waals surface area contributed by atoms with Crippen LogP contribution in [0.4, 0.5) is 0 Å². The second-order valence-corrected chi connectivity index (χ2v) is 5.09. The fourth-order valence-electron chi connectivity index (χ4n) is 2.28. The first-order chi connectivity index (χ1) is 9.16. The number of benzene rings is 1. The van der Waals surface area contributed by atoms with Crippen LogP contribution < -0.4 is 5.32 Å². The summed E-state index contributed by atoms with van der Waals surface area (Å²) in [5, 5.41) is 11.8. The van der Waals surface area contributed by atoms with Gasteiger partial charge >= 0.3 is 5.97 Å². The van der Waals surface area contributed by atoms with E-state index < -0.39 is 12.0 Å². The van der Waals surface area contributed by atoms with Crippen LogP contribution in [-0.4, -0.2) is 17.0 Å². The number of carboxylic acids is 1. The predicted molar refractivity (Wildman–Crippen MR) is 71.5 cm³/mol. The molecule has 0 spiro atoms. The van der Waals surface area contributed by atoms with Gasteiger partial charge in [-0.05, 0) is 17.9 Å². The second-order valence-electron chi connectivity index (χ2n) is 5.09. The van der Waals surface area contributed by atoms with Crippen LogP contribution in [0, 0.1) is 5.92 Å². The summed E-state index contributed by atoms with van der Waals surface area (Å²) >= 11 is 0. The Balaban J connectivity index is 1.89. The molecule has 1 unspecified atom stereocenters. The van der Waals surface area contributed by atoms with Gasteiger partial charge in [0.15, 0.2) is 6.04 Å². The summed E-state index contributed by atoms with van der Waals surface area (Å²) in [7, 11) is 0. The quantitative estimate of drug-likeness (QED) is 0.826. The van der Waals surface area contributed by atoms with Gasteiger partial charge in [-0.2, -0.15) is 0 Å². The lowest BCUT2D eigenvalue weighted by atomic mass is 9.82. The zero-order valence-corrected chi connectivity index (χ0v) is 10.8. The van der Waals surface area contributed by atoms with E-state index >= 15 is 0 Å². The Morgan fingerprint density at radius 3 is 2.47 bits per heavy atom. The molecule has 1 aliphatic rings. The van der Waals surface area contributed by atoms with Gasteiger partial charge < -0.3 is 10.4 Å². The average molecular weight is 261 g/mol. The molecule has 4 heteroatoms. The van der Waals surface area contributed by atoms with Crippen LogP contribution in [-0.2, 0) is 9.59 Å². The molecule has 0 bridgehead atoms. The van der Waals surface area contributed by atoms with Crippen molar-refractivity contribution in [2.24, 2.45) is 5.92 Å². The number of carboxylic acid groups (broad SMARTS) is 1. The van der Waals surface area contributed by atoms with Gasteiger partial charge in [-0.3, -0.25) is 4.79 Å². The van der Waals surface area contributed by atoms with E-state index in [4.69, 9.17) is 0 Å². The molecule has 0 aromatic heterocycles. The highest BCUT2D eigenvalue weighted by atomic mass is 16.4. The summed E-state index contributed by atoms with van der Waals surface area (Å²) in [6, 6.07) is 7.84. The number of amides is 1. The minimum atomic E-state index is -1.02. The fraction of sp³-hybridized carbons (Fsp3) is 0.467. The van der Waals surface area contributed by atoms with E-state index in [1.165, 1.54) is 19.3 Å². The van der Waals surface area contributed by atoms with Gasteiger partial charge in [-0.25, -0.2) is 4.79 Å². The van der Waals surface area contributed by atoms with E-state index in [2.05, 4.69) is 5.32 Å². The highest BCUT2D eigenvalue weighted by Crippen LogP contribution is 2.30. The van der Waals surface area contributed by atoms with E-state index in [0.717, 1.165) is 6.42 Å². The minimum Gasteiger partial charge on any atom is -0.479 e. The lowest BCUT2D eigenvalue weighted by Gasteiger charge is -2.25. The smallest absolute Gasteiger partial charge is 0.330 e. The molecule has 4 nitrogen and oxygen atoms in total. The molecule has 1 amide bonds. The number of carbonyl (C=O) groups excluding carboxylic acids is 1. The SMILES string of the molecule is O=C(CCC1CCC1)NC(C(=O)O)c1ccccc1. The van der Waals surface area contributed by atoms with Crippen molar-refractivity contribution in [1.29, 1.82) is 0 Å². The van der Waals surface area contributed by atoms with Crippen LogP contribution >= 0.6 is 0 Å². The molecular formula is C15H19NO3. The van der Waals surface area contributed by atoms with E-state index in [-0.39, 0.29) is 5.91 Å². The molecule has 1 aromatic rings. The van der Waals surface area contributed by atoms with Gasteiger partial charge in [0.05, 0.1) is 0 Å². The Hall–Kier alpha value is -1.84. The number of aliphatic carboxylic acids is 1. The Labute approximate surface area is 112 Å². The molecule has 2 rings (SSSR count). The Kier molecular flexibility index (Phi) is 4.55. The molecule has 0 saturated heterocycles. The third-order valence-electron chi connectivity index (χ3n) is 3.69. The molecule has 19 heavy (non-hydrogen) atoms. The number of rotatable bonds is 6. The average Bonchev–Trinajstić information content (AvgIpc) is 2.35. The Morgan fingerprint density at radius 1 is 1.26 bits per heavy atom. The van der Waals surface area contributed by atoms with Crippen molar-refractivity contribution < 1.29 is 14.7 Å². The van der Waals surface area contributed by atoms with Crippen LogP contribution in [0.25, 0.3) is 0 Å². The van der Waals surface area contributed by atoms with Gasteiger partial charge in [0.25, 0.3) is 0 Å². The van der Waals surface area contributed by atoms with Crippen LogP contribution in [0.3, 0.4) is 0 Å². The third-order valence-corrected chi connectivity index (χ3v) is 3.69. The normalized spacial score (nSPS) is 16.4. The Morgan fingerprint density at radius 2 is 1.95 bits per heavy atom. The molecule has 0 heterocycles. The molecule has 0 radical (unpaired) electrons. The summed E-state index contributed by atoms with van der Waals surface area (Å²) in [5.74, 6) is -0.544. The third kappa shape index (κ3) is 3.81. The molecule has 1 atom stereocenters. The summed E-state index contributed by atoms with van der Waals surface area (Å²) in [4.78, 5) is 23.0. The first-order valence-electron chi connectivity index (χ1n) is 6.74. The Bertz CT molecular complexity index is 440.